The van der Waals surface area contributed by atoms with E-state index in [1.165, 1.54) is 47.6 Å². The highest BCUT2D eigenvalue weighted by Crippen LogP contribution is 2.51. The molecule has 0 N–H and O–H groups in total. The molecular formula is C37H25N3S. The highest BCUT2D eigenvalue weighted by Gasteiger charge is 2.40. The second kappa shape index (κ2) is 8.12. The number of hydrogen-bond donors (Lipinski definition) is 0. The maximum atomic E-state index is 5.45. The lowest BCUT2D eigenvalue weighted by molar-refractivity contribution is 0.635. The first-order valence-corrected chi connectivity index (χ1v) is 14.8. The van der Waals surface area contributed by atoms with Crippen molar-refractivity contribution in [1.82, 2.24) is 14.5 Å². The average Bonchev–Trinajstić information content (AvgIpc) is 3.63. The Morgan fingerprint density at radius 2 is 1.37 bits per heavy atom. The first-order chi connectivity index (χ1) is 20.1. The average molecular weight is 544 g/mol. The maximum absolute atomic E-state index is 5.45. The molecule has 0 saturated heterocycles. The van der Waals surface area contributed by atoms with Crippen LogP contribution in [0.1, 0.15) is 25.1 Å². The Balaban J connectivity index is 1.53. The van der Waals surface area contributed by atoms with Crippen molar-refractivity contribution in [3.05, 3.63) is 127 Å². The minimum absolute atomic E-state index is 0.254. The SMILES string of the molecule is CC1(C)c2ccccc2-c2c(-n3c4ccccc4c4ccc5sc6ccccc6c5c43)nc(-c3ccccc3)nc21. The number of thiophene rings is 1. The molecule has 194 valence electrons. The van der Waals surface area contributed by atoms with Crippen molar-refractivity contribution in [2.24, 2.45) is 0 Å². The number of fused-ring (bicyclic) bond motifs is 10. The summed E-state index contributed by atoms with van der Waals surface area (Å²) in [7, 11) is 0. The lowest BCUT2D eigenvalue weighted by atomic mass is 9.85. The van der Waals surface area contributed by atoms with Gasteiger partial charge < -0.3 is 0 Å². The van der Waals surface area contributed by atoms with Crippen LogP contribution in [0.2, 0.25) is 0 Å². The molecule has 3 nitrogen and oxygen atoms in total. The molecule has 0 atom stereocenters. The summed E-state index contributed by atoms with van der Waals surface area (Å²) in [6.45, 7) is 4.58. The summed E-state index contributed by atoms with van der Waals surface area (Å²) in [5.41, 5.74) is 7.86. The highest BCUT2D eigenvalue weighted by atomic mass is 32.1. The molecule has 9 rings (SSSR count). The maximum Gasteiger partial charge on any atom is 0.161 e. The Hall–Kier alpha value is -4.80. The molecule has 0 unspecified atom stereocenters. The number of aromatic nitrogens is 3. The molecule has 1 aliphatic carbocycles. The van der Waals surface area contributed by atoms with Crippen molar-refractivity contribution in [3.8, 4) is 28.3 Å². The molecule has 0 bridgehead atoms. The van der Waals surface area contributed by atoms with Gasteiger partial charge in [-0.15, -0.1) is 11.3 Å². The second-order valence-corrected chi connectivity index (χ2v) is 12.5. The van der Waals surface area contributed by atoms with Crippen molar-refractivity contribution in [3.63, 3.8) is 0 Å². The molecule has 3 aromatic heterocycles. The van der Waals surface area contributed by atoms with E-state index in [4.69, 9.17) is 9.97 Å². The van der Waals surface area contributed by atoms with Gasteiger partial charge in [0.1, 0.15) is 5.82 Å². The van der Waals surface area contributed by atoms with Crippen molar-refractivity contribution in [2.45, 2.75) is 19.3 Å². The predicted molar refractivity (Wildman–Crippen MR) is 172 cm³/mol. The molecule has 0 amide bonds. The van der Waals surface area contributed by atoms with Gasteiger partial charge in [-0.05, 0) is 29.3 Å². The monoisotopic (exact) mass is 543 g/mol. The van der Waals surface area contributed by atoms with Gasteiger partial charge in [0, 0.05) is 47.5 Å². The van der Waals surface area contributed by atoms with E-state index in [2.05, 4.69) is 128 Å². The van der Waals surface area contributed by atoms with E-state index in [-0.39, 0.29) is 5.41 Å². The standard InChI is InChI=1S/C37H25N3S/c1-37(2)27-17-9-6-15-25(27)32-34(37)38-35(22-12-4-3-5-13-22)39-36(32)40-28-18-10-7-14-23(28)24-20-21-30-31(33(24)40)26-16-8-11-19-29(26)41-30/h3-21H,1-2H3. The Bertz CT molecular complexity index is 2340. The van der Waals surface area contributed by atoms with Crippen LogP contribution in [0.4, 0.5) is 0 Å². The zero-order valence-electron chi connectivity index (χ0n) is 22.7. The zero-order valence-corrected chi connectivity index (χ0v) is 23.5. The summed E-state index contributed by atoms with van der Waals surface area (Å²) < 4.78 is 5.02. The van der Waals surface area contributed by atoms with Gasteiger partial charge in [0.05, 0.1) is 16.7 Å². The third kappa shape index (κ3) is 3.03. The van der Waals surface area contributed by atoms with Gasteiger partial charge in [-0.2, -0.15) is 0 Å². The van der Waals surface area contributed by atoms with Crippen LogP contribution in [-0.4, -0.2) is 14.5 Å². The van der Waals surface area contributed by atoms with E-state index < -0.39 is 0 Å². The largest absolute Gasteiger partial charge is 0.292 e. The molecule has 0 fully saturated rings. The van der Waals surface area contributed by atoms with Gasteiger partial charge in [0.15, 0.2) is 5.82 Å². The van der Waals surface area contributed by atoms with Crippen LogP contribution >= 0.6 is 11.3 Å². The first kappa shape index (κ1) is 23.0. The molecule has 0 radical (unpaired) electrons. The lowest BCUT2D eigenvalue weighted by Gasteiger charge is -2.21. The molecule has 3 heterocycles. The molecule has 0 spiro atoms. The normalized spacial score (nSPS) is 13.8. The van der Waals surface area contributed by atoms with Crippen LogP contribution in [0.3, 0.4) is 0 Å². The first-order valence-electron chi connectivity index (χ1n) is 14.0. The summed E-state index contributed by atoms with van der Waals surface area (Å²) in [5, 5.41) is 5.06. The Morgan fingerprint density at radius 1 is 0.634 bits per heavy atom. The quantitative estimate of drug-likeness (QED) is 0.217. The summed E-state index contributed by atoms with van der Waals surface area (Å²) >= 11 is 1.86. The zero-order chi connectivity index (χ0) is 27.3. The number of nitrogens with zero attached hydrogens (tertiary/aromatic N) is 3. The van der Waals surface area contributed by atoms with E-state index in [9.17, 15) is 0 Å². The number of rotatable bonds is 2. The topological polar surface area (TPSA) is 30.7 Å². The third-order valence-electron chi connectivity index (χ3n) is 8.77. The molecule has 0 aliphatic heterocycles. The second-order valence-electron chi connectivity index (χ2n) is 11.4. The van der Waals surface area contributed by atoms with Crippen LogP contribution in [-0.2, 0) is 5.41 Å². The molecule has 8 aromatic rings. The van der Waals surface area contributed by atoms with E-state index >= 15 is 0 Å². The number of benzene rings is 5. The lowest BCUT2D eigenvalue weighted by Crippen LogP contribution is -2.18. The van der Waals surface area contributed by atoms with Gasteiger partial charge in [0.2, 0.25) is 0 Å². The van der Waals surface area contributed by atoms with Gasteiger partial charge in [-0.3, -0.25) is 4.57 Å². The van der Waals surface area contributed by atoms with Crippen molar-refractivity contribution >= 4 is 53.3 Å². The smallest absolute Gasteiger partial charge is 0.161 e. The van der Waals surface area contributed by atoms with Crippen LogP contribution < -0.4 is 0 Å². The van der Waals surface area contributed by atoms with Crippen molar-refractivity contribution < 1.29 is 0 Å². The van der Waals surface area contributed by atoms with E-state index in [1.807, 2.05) is 17.4 Å². The Kier molecular flexibility index (Phi) is 4.55. The summed E-state index contributed by atoms with van der Waals surface area (Å²) in [4.78, 5) is 10.7. The Labute approximate surface area is 241 Å². The van der Waals surface area contributed by atoms with Crippen molar-refractivity contribution in [1.29, 1.82) is 0 Å². The predicted octanol–water partition coefficient (Wildman–Crippen LogP) is 9.91. The van der Waals surface area contributed by atoms with E-state index in [0.717, 1.165) is 34.0 Å². The van der Waals surface area contributed by atoms with Gasteiger partial charge >= 0.3 is 0 Å². The molecular weight excluding hydrogens is 518 g/mol. The molecule has 1 aliphatic rings. The highest BCUT2D eigenvalue weighted by molar-refractivity contribution is 7.26. The number of hydrogen-bond acceptors (Lipinski definition) is 3. The molecule has 0 saturated carbocycles. The third-order valence-corrected chi connectivity index (χ3v) is 9.91. The van der Waals surface area contributed by atoms with Crippen LogP contribution in [0.25, 0.3) is 70.3 Å². The van der Waals surface area contributed by atoms with Gasteiger partial charge in [-0.25, -0.2) is 9.97 Å². The van der Waals surface area contributed by atoms with Crippen LogP contribution in [0.5, 0.6) is 0 Å². The van der Waals surface area contributed by atoms with Gasteiger partial charge in [-0.1, -0.05) is 111 Å². The number of para-hydroxylation sites is 1. The summed E-state index contributed by atoms with van der Waals surface area (Å²) in [6, 6.07) is 41.2. The molecule has 4 heteroatoms. The fourth-order valence-corrected chi connectivity index (χ4v) is 7.99. The summed E-state index contributed by atoms with van der Waals surface area (Å²) in [6.07, 6.45) is 0. The minimum atomic E-state index is -0.254. The Morgan fingerprint density at radius 3 is 2.24 bits per heavy atom. The van der Waals surface area contributed by atoms with Gasteiger partial charge in [0.25, 0.3) is 0 Å². The minimum Gasteiger partial charge on any atom is -0.292 e. The summed E-state index contributed by atoms with van der Waals surface area (Å²) in [5.74, 6) is 1.70. The molecule has 5 aromatic carbocycles. The van der Waals surface area contributed by atoms with Crippen LogP contribution in [0.15, 0.2) is 115 Å². The van der Waals surface area contributed by atoms with Crippen molar-refractivity contribution in [2.75, 3.05) is 0 Å². The fourth-order valence-electron chi connectivity index (χ4n) is 6.89. The van der Waals surface area contributed by atoms with E-state index in [0.29, 0.717) is 0 Å². The van der Waals surface area contributed by atoms with E-state index in [1.54, 1.807) is 0 Å². The van der Waals surface area contributed by atoms with Crippen LogP contribution in [0, 0.1) is 0 Å². The fraction of sp³-hybridized carbons (Fsp3) is 0.0811. The molecule has 41 heavy (non-hydrogen) atoms.